The predicted molar refractivity (Wildman–Crippen MR) is 84.3 cm³/mol. The third kappa shape index (κ3) is 2.56. The van der Waals surface area contributed by atoms with Gasteiger partial charge in [-0.25, -0.2) is 4.79 Å². The van der Waals surface area contributed by atoms with Crippen molar-refractivity contribution in [2.24, 2.45) is 5.73 Å². The van der Waals surface area contributed by atoms with Crippen molar-refractivity contribution in [2.45, 2.75) is 31.1 Å². The summed E-state index contributed by atoms with van der Waals surface area (Å²) in [7, 11) is 0. The van der Waals surface area contributed by atoms with Gasteiger partial charge in [0.2, 0.25) is 5.91 Å². The van der Waals surface area contributed by atoms with Crippen molar-refractivity contribution in [2.75, 3.05) is 26.2 Å². The van der Waals surface area contributed by atoms with Crippen molar-refractivity contribution in [3.63, 3.8) is 0 Å². The van der Waals surface area contributed by atoms with Gasteiger partial charge in [-0.2, -0.15) is 0 Å². The van der Waals surface area contributed by atoms with Gasteiger partial charge in [0, 0.05) is 26.2 Å². The molecule has 1 aromatic rings. The summed E-state index contributed by atoms with van der Waals surface area (Å²) in [6, 6.07) is 9.71. The van der Waals surface area contributed by atoms with Crippen molar-refractivity contribution < 1.29 is 9.59 Å². The fourth-order valence-electron chi connectivity index (χ4n) is 3.56. The molecule has 3 rings (SSSR count). The van der Waals surface area contributed by atoms with E-state index in [0.29, 0.717) is 26.2 Å². The molecule has 0 bridgehead atoms. The molecule has 22 heavy (non-hydrogen) atoms. The zero-order valence-corrected chi connectivity index (χ0v) is 12.8. The molecule has 2 N–H and O–H groups in total. The van der Waals surface area contributed by atoms with Gasteiger partial charge < -0.3 is 15.5 Å². The molecule has 1 aliphatic heterocycles. The van der Waals surface area contributed by atoms with Crippen LogP contribution in [0.3, 0.4) is 0 Å². The van der Waals surface area contributed by atoms with Crippen LogP contribution in [0.4, 0.5) is 4.79 Å². The highest BCUT2D eigenvalue weighted by atomic mass is 16.2. The maximum Gasteiger partial charge on any atom is 0.314 e. The van der Waals surface area contributed by atoms with Crippen molar-refractivity contribution in [1.82, 2.24) is 9.80 Å². The van der Waals surface area contributed by atoms with E-state index in [1.54, 1.807) is 4.90 Å². The van der Waals surface area contributed by atoms with Gasteiger partial charge in [-0.15, -0.1) is 0 Å². The quantitative estimate of drug-likeness (QED) is 0.904. The molecule has 0 unspecified atom stereocenters. The van der Waals surface area contributed by atoms with Crippen molar-refractivity contribution in [3.05, 3.63) is 35.9 Å². The molecule has 0 spiro atoms. The highest BCUT2D eigenvalue weighted by Crippen LogP contribution is 2.45. The van der Waals surface area contributed by atoms with E-state index in [2.05, 4.69) is 12.1 Å². The summed E-state index contributed by atoms with van der Waals surface area (Å²) in [4.78, 5) is 28.0. The Hall–Kier alpha value is -2.04. The molecule has 1 aromatic carbocycles. The fourth-order valence-corrected chi connectivity index (χ4v) is 3.56. The standard InChI is InChI=1S/C17H23N3O2/c18-16(22)20-11-5-10-19(12-13-20)15(21)17(8-4-9-17)14-6-2-1-3-7-14/h1-3,6-7H,4-5,8-13H2,(H2,18,22). The van der Waals surface area contributed by atoms with E-state index < -0.39 is 6.03 Å². The Kier molecular flexibility index (Phi) is 4.05. The minimum absolute atomic E-state index is 0.219. The molecule has 2 aliphatic rings. The molecule has 2 fully saturated rings. The van der Waals surface area contributed by atoms with E-state index in [9.17, 15) is 9.59 Å². The normalized spacial score (nSPS) is 20.9. The molecular formula is C17H23N3O2. The van der Waals surface area contributed by atoms with Crippen LogP contribution in [0.15, 0.2) is 30.3 Å². The Morgan fingerprint density at radius 2 is 1.55 bits per heavy atom. The molecule has 5 heteroatoms. The van der Waals surface area contributed by atoms with E-state index in [4.69, 9.17) is 5.73 Å². The number of nitrogens with zero attached hydrogens (tertiary/aromatic N) is 2. The van der Waals surface area contributed by atoms with Crippen LogP contribution in [0.1, 0.15) is 31.2 Å². The molecule has 0 atom stereocenters. The number of primary amides is 1. The summed E-state index contributed by atoms with van der Waals surface area (Å²) in [5.74, 6) is 0.219. The first kappa shape index (κ1) is 14.9. The van der Waals surface area contributed by atoms with Crippen LogP contribution in [-0.2, 0) is 10.2 Å². The van der Waals surface area contributed by atoms with Gasteiger partial charge in [0.05, 0.1) is 5.41 Å². The Morgan fingerprint density at radius 3 is 2.14 bits per heavy atom. The van der Waals surface area contributed by atoms with Crippen LogP contribution in [0.2, 0.25) is 0 Å². The summed E-state index contributed by atoms with van der Waals surface area (Å²) < 4.78 is 0. The minimum Gasteiger partial charge on any atom is -0.351 e. The number of carbonyl (C=O) groups excluding carboxylic acids is 2. The number of urea groups is 1. The van der Waals surface area contributed by atoms with Gasteiger partial charge >= 0.3 is 6.03 Å². The van der Waals surface area contributed by atoms with Crippen molar-refractivity contribution >= 4 is 11.9 Å². The zero-order chi connectivity index (χ0) is 15.6. The molecule has 3 amide bonds. The Morgan fingerprint density at radius 1 is 0.909 bits per heavy atom. The summed E-state index contributed by atoms with van der Waals surface area (Å²) in [5, 5.41) is 0. The highest BCUT2D eigenvalue weighted by molar-refractivity contribution is 5.89. The van der Waals surface area contributed by atoms with Crippen molar-refractivity contribution in [1.29, 1.82) is 0 Å². The van der Waals surface area contributed by atoms with Crippen LogP contribution in [0.5, 0.6) is 0 Å². The first-order chi connectivity index (χ1) is 10.6. The maximum atomic E-state index is 13.1. The van der Waals surface area contributed by atoms with Crippen LogP contribution < -0.4 is 5.73 Å². The molecule has 5 nitrogen and oxygen atoms in total. The van der Waals surface area contributed by atoms with Crippen molar-refractivity contribution in [3.8, 4) is 0 Å². The number of carbonyl (C=O) groups is 2. The van der Waals surface area contributed by atoms with Crippen LogP contribution in [-0.4, -0.2) is 47.9 Å². The van der Waals surface area contributed by atoms with E-state index in [0.717, 1.165) is 31.2 Å². The first-order valence-corrected chi connectivity index (χ1v) is 8.03. The number of benzene rings is 1. The lowest BCUT2D eigenvalue weighted by molar-refractivity contribution is -0.140. The lowest BCUT2D eigenvalue weighted by Gasteiger charge is -2.44. The van der Waals surface area contributed by atoms with Gasteiger partial charge in [-0.1, -0.05) is 36.8 Å². The van der Waals surface area contributed by atoms with Gasteiger partial charge in [0.25, 0.3) is 0 Å². The Balaban J connectivity index is 1.76. The smallest absolute Gasteiger partial charge is 0.314 e. The second kappa shape index (κ2) is 5.99. The SMILES string of the molecule is NC(=O)N1CCCN(C(=O)C2(c3ccccc3)CCC2)CC1. The van der Waals surface area contributed by atoms with E-state index in [-0.39, 0.29) is 11.3 Å². The Bertz CT molecular complexity index is 554. The first-order valence-electron chi connectivity index (χ1n) is 8.03. The second-order valence-electron chi connectivity index (χ2n) is 6.27. The average Bonchev–Trinajstić information content (AvgIpc) is 2.73. The average molecular weight is 301 g/mol. The van der Waals surface area contributed by atoms with Gasteiger partial charge in [-0.3, -0.25) is 4.79 Å². The van der Waals surface area contributed by atoms with E-state index in [1.165, 1.54) is 0 Å². The zero-order valence-electron chi connectivity index (χ0n) is 12.8. The maximum absolute atomic E-state index is 13.1. The molecule has 1 heterocycles. The third-order valence-corrected chi connectivity index (χ3v) is 5.04. The third-order valence-electron chi connectivity index (χ3n) is 5.04. The van der Waals surface area contributed by atoms with Crippen LogP contribution in [0.25, 0.3) is 0 Å². The number of amides is 3. The van der Waals surface area contributed by atoms with Crippen LogP contribution >= 0.6 is 0 Å². The predicted octanol–water partition coefficient (Wildman–Crippen LogP) is 1.72. The highest BCUT2D eigenvalue weighted by Gasteiger charge is 2.47. The Labute approximate surface area is 131 Å². The fraction of sp³-hybridized carbons (Fsp3) is 0.529. The number of hydrogen-bond acceptors (Lipinski definition) is 2. The second-order valence-corrected chi connectivity index (χ2v) is 6.27. The number of nitrogens with two attached hydrogens (primary N) is 1. The summed E-state index contributed by atoms with van der Waals surface area (Å²) >= 11 is 0. The molecule has 118 valence electrons. The monoisotopic (exact) mass is 301 g/mol. The van der Waals surface area contributed by atoms with Gasteiger partial charge in [-0.05, 0) is 24.8 Å². The molecule has 0 radical (unpaired) electrons. The molecule has 1 aliphatic carbocycles. The van der Waals surface area contributed by atoms with Crippen LogP contribution in [0, 0.1) is 0 Å². The largest absolute Gasteiger partial charge is 0.351 e. The molecule has 1 saturated carbocycles. The molecule has 0 aromatic heterocycles. The summed E-state index contributed by atoms with van der Waals surface area (Å²) in [6.45, 7) is 2.46. The topological polar surface area (TPSA) is 66.6 Å². The summed E-state index contributed by atoms with van der Waals surface area (Å²) in [5.41, 5.74) is 6.14. The molecular weight excluding hydrogens is 278 g/mol. The van der Waals surface area contributed by atoms with Gasteiger partial charge in [0.15, 0.2) is 0 Å². The van der Waals surface area contributed by atoms with E-state index in [1.807, 2.05) is 23.1 Å². The minimum atomic E-state index is -0.393. The summed E-state index contributed by atoms with van der Waals surface area (Å²) in [6.07, 6.45) is 3.74. The lowest BCUT2D eigenvalue weighted by Crippen LogP contribution is -2.52. The molecule has 1 saturated heterocycles. The lowest BCUT2D eigenvalue weighted by atomic mass is 9.63. The number of hydrogen-bond donors (Lipinski definition) is 1. The van der Waals surface area contributed by atoms with Gasteiger partial charge in [0.1, 0.15) is 0 Å². The number of rotatable bonds is 2. The van der Waals surface area contributed by atoms with E-state index >= 15 is 0 Å².